The molecule has 2 heterocycles. The molecule has 2 aromatic rings. The Kier molecular flexibility index (Phi) is 8.79. The van der Waals surface area contributed by atoms with Gasteiger partial charge < -0.3 is 20.7 Å². The van der Waals surface area contributed by atoms with Crippen molar-refractivity contribution in [3.63, 3.8) is 0 Å². The molecule has 0 spiro atoms. The van der Waals surface area contributed by atoms with Crippen molar-refractivity contribution in [3.05, 3.63) is 34.6 Å². The van der Waals surface area contributed by atoms with Gasteiger partial charge in [0.2, 0.25) is 5.95 Å². The summed E-state index contributed by atoms with van der Waals surface area (Å²) in [5, 5.41) is 10.7. The Balaban J connectivity index is 0.00000144. The van der Waals surface area contributed by atoms with Crippen molar-refractivity contribution in [3.8, 4) is 0 Å². The maximum atomic E-state index is 5.88. The van der Waals surface area contributed by atoms with Crippen LogP contribution in [0.5, 0.6) is 0 Å². The minimum absolute atomic E-state index is 0. The largest absolute Gasteiger partial charge is 0.378 e. The number of nitrogens with one attached hydrogen (secondary N) is 2. The molecule has 24 heavy (non-hydrogen) atoms. The third-order valence-corrected chi connectivity index (χ3v) is 4.06. The van der Waals surface area contributed by atoms with Crippen LogP contribution in [0.25, 0.3) is 0 Å². The lowest BCUT2D eigenvalue weighted by Crippen LogP contribution is -2.37. The van der Waals surface area contributed by atoms with E-state index < -0.39 is 0 Å². The van der Waals surface area contributed by atoms with Crippen LogP contribution in [0.4, 0.5) is 11.6 Å². The van der Waals surface area contributed by atoms with Gasteiger partial charge in [0, 0.05) is 29.8 Å². The van der Waals surface area contributed by atoms with Crippen molar-refractivity contribution >= 4 is 52.4 Å². The number of hydrogen-bond donors (Lipinski definition) is 3. The standard InChI is InChI=1S/C14H19BrN6O.2ClH/c15-10-1-3-11(4-2-10)17-12(9-16)13-18-14(20-19-13)21-5-7-22-8-6-21;;/h1-4,12,17H,5-9,16H2,(H,18,19,20);2*1H/t12-;;/m1../s1. The Bertz CT molecular complexity index is 606. The molecular weight excluding hydrogens is 419 g/mol. The highest BCUT2D eigenvalue weighted by Crippen LogP contribution is 2.20. The molecule has 1 aliphatic rings. The van der Waals surface area contributed by atoms with Gasteiger partial charge in [0.05, 0.1) is 19.3 Å². The van der Waals surface area contributed by atoms with Gasteiger partial charge in [-0.15, -0.1) is 29.9 Å². The molecule has 0 amide bonds. The molecule has 0 bridgehead atoms. The number of anilines is 2. The number of H-pyrrole nitrogens is 1. The molecule has 0 unspecified atom stereocenters. The summed E-state index contributed by atoms with van der Waals surface area (Å²) in [5.74, 6) is 1.45. The molecule has 1 aliphatic heterocycles. The topological polar surface area (TPSA) is 92.1 Å². The van der Waals surface area contributed by atoms with E-state index in [0.717, 1.165) is 29.1 Å². The highest BCUT2D eigenvalue weighted by atomic mass is 79.9. The van der Waals surface area contributed by atoms with Gasteiger partial charge in [0.15, 0.2) is 0 Å². The van der Waals surface area contributed by atoms with Gasteiger partial charge in [-0.25, -0.2) is 0 Å². The summed E-state index contributed by atoms with van der Waals surface area (Å²) in [5.41, 5.74) is 6.87. The van der Waals surface area contributed by atoms with Crippen LogP contribution in [0.1, 0.15) is 11.9 Å². The van der Waals surface area contributed by atoms with E-state index in [1.807, 2.05) is 24.3 Å². The lowest BCUT2D eigenvalue weighted by Gasteiger charge is -2.25. The monoisotopic (exact) mass is 438 g/mol. The van der Waals surface area contributed by atoms with Gasteiger partial charge in [-0.1, -0.05) is 15.9 Å². The third-order valence-electron chi connectivity index (χ3n) is 3.54. The minimum atomic E-state index is -0.108. The first-order chi connectivity index (χ1) is 10.8. The zero-order chi connectivity index (χ0) is 15.4. The molecule has 0 radical (unpaired) electrons. The normalized spacial score (nSPS) is 15.2. The Morgan fingerprint density at radius 2 is 1.92 bits per heavy atom. The third kappa shape index (κ3) is 5.22. The van der Waals surface area contributed by atoms with Gasteiger partial charge in [-0.2, -0.15) is 4.98 Å². The van der Waals surface area contributed by atoms with E-state index in [1.165, 1.54) is 0 Å². The van der Waals surface area contributed by atoms with Gasteiger partial charge >= 0.3 is 0 Å². The summed E-state index contributed by atoms with van der Waals surface area (Å²) in [6.07, 6.45) is 0. The first-order valence-corrected chi connectivity index (χ1v) is 8.03. The lowest BCUT2D eigenvalue weighted by molar-refractivity contribution is 0.122. The van der Waals surface area contributed by atoms with E-state index in [4.69, 9.17) is 10.5 Å². The van der Waals surface area contributed by atoms with Crippen LogP contribution in [0, 0.1) is 0 Å². The SMILES string of the molecule is Cl.Cl.NC[C@@H](Nc1ccc(Br)cc1)c1nc(N2CCOCC2)n[nH]1. The first kappa shape index (κ1) is 21.0. The molecule has 7 nitrogen and oxygen atoms in total. The fourth-order valence-corrected chi connectivity index (χ4v) is 2.58. The summed E-state index contributed by atoms with van der Waals surface area (Å²) in [6, 6.07) is 7.84. The van der Waals surface area contributed by atoms with Crippen LogP contribution in [-0.2, 0) is 4.74 Å². The average Bonchev–Trinajstić information content (AvgIpc) is 3.05. The average molecular weight is 440 g/mol. The number of morpholine rings is 1. The molecule has 1 fully saturated rings. The summed E-state index contributed by atoms with van der Waals surface area (Å²) >= 11 is 3.42. The number of halogens is 3. The summed E-state index contributed by atoms with van der Waals surface area (Å²) in [4.78, 5) is 6.68. The van der Waals surface area contributed by atoms with E-state index in [9.17, 15) is 0 Å². The molecule has 0 saturated carbocycles. The Morgan fingerprint density at radius 3 is 2.54 bits per heavy atom. The molecule has 1 aromatic carbocycles. The van der Waals surface area contributed by atoms with Crippen LogP contribution in [0.15, 0.2) is 28.7 Å². The molecule has 3 rings (SSSR count). The summed E-state index contributed by atoms with van der Waals surface area (Å²) < 4.78 is 6.38. The zero-order valence-electron chi connectivity index (χ0n) is 12.9. The van der Waals surface area contributed by atoms with Crippen molar-refractivity contribution in [1.82, 2.24) is 15.2 Å². The molecule has 134 valence electrons. The maximum Gasteiger partial charge on any atom is 0.244 e. The molecule has 4 N–H and O–H groups in total. The quantitative estimate of drug-likeness (QED) is 0.662. The van der Waals surface area contributed by atoms with E-state index in [0.29, 0.717) is 25.7 Å². The van der Waals surface area contributed by atoms with Gasteiger partial charge in [0.25, 0.3) is 0 Å². The Morgan fingerprint density at radius 1 is 1.25 bits per heavy atom. The minimum Gasteiger partial charge on any atom is -0.378 e. The van der Waals surface area contributed by atoms with Crippen LogP contribution >= 0.6 is 40.7 Å². The number of aromatic amines is 1. The fraction of sp³-hybridized carbons (Fsp3) is 0.429. The molecule has 10 heteroatoms. The number of benzene rings is 1. The van der Waals surface area contributed by atoms with E-state index in [1.54, 1.807) is 0 Å². The predicted octanol–water partition coefficient (Wildman–Crippen LogP) is 2.36. The van der Waals surface area contributed by atoms with E-state index in [2.05, 4.69) is 41.3 Å². The molecule has 1 atom stereocenters. The van der Waals surface area contributed by atoms with Crippen LogP contribution in [-0.4, -0.2) is 48.0 Å². The molecule has 1 aromatic heterocycles. The van der Waals surface area contributed by atoms with Gasteiger partial charge in [-0.05, 0) is 24.3 Å². The van der Waals surface area contributed by atoms with Crippen LogP contribution in [0.2, 0.25) is 0 Å². The number of rotatable bonds is 5. The highest BCUT2D eigenvalue weighted by molar-refractivity contribution is 9.10. The number of hydrogen-bond acceptors (Lipinski definition) is 6. The van der Waals surface area contributed by atoms with Gasteiger partial charge in [0.1, 0.15) is 5.82 Å². The zero-order valence-corrected chi connectivity index (χ0v) is 16.2. The lowest BCUT2D eigenvalue weighted by atomic mass is 10.2. The van der Waals surface area contributed by atoms with E-state index in [-0.39, 0.29) is 30.9 Å². The fourth-order valence-electron chi connectivity index (χ4n) is 2.31. The number of nitrogens with zero attached hydrogens (tertiary/aromatic N) is 3. The van der Waals surface area contributed by atoms with E-state index >= 15 is 0 Å². The first-order valence-electron chi connectivity index (χ1n) is 7.23. The number of aromatic nitrogens is 3. The molecular formula is C14H21BrCl2N6O. The Labute approximate surface area is 161 Å². The smallest absolute Gasteiger partial charge is 0.244 e. The highest BCUT2D eigenvalue weighted by Gasteiger charge is 2.19. The van der Waals surface area contributed by atoms with Crippen LogP contribution < -0.4 is 16.0 Å². The Hall–Kier alpha value is -1.06. The predicted molar refractivity (Wildman–Crippen MR) is 103 cm³/mol. The van der Waals surface area contributed by atoms with Crippen molar-refractivity contribution in [1.29, 1.82) is 0 Å². The second kappa shape index (κ2) is 10.0. The number of ether oxygens (including phenoxy) is 1. The maximum absolute atomic E-state index is 5.88. The summed E-state index contributed by atoms with van der Waals surface area (Å²) in [6.45, 7) is 3.46. The summed E-state index contributed by atoms with van der Waals surface area (Å²) in [7, 11) is 0. The van der Waals surface area contributed by atoms with Crippen molar-refractivity contribution in [2.75, 3.05) is 43.1 Å². The van der Waals surface area contributed by atoms with Gasteiger partial charge in [-0.3, -0.25) is 5.10 Å². The second-order valence-corrected chi connectivity index (χ2v) is 5.98. The van der Waals surface area contributed by atoms with Crippen LogP contribution in [0.3, 0.4) is 0 Å². The van der Waals surface area contributed by atoms with Crippen molar-refractivity contribution < 1.29 is 4.74 Å². The number of nitrogens with two attached hydrogens (primary N) is 1. The molecule has 1 saturated heterocycles. The second-order valence-electron chi connectivity index (χ2n) is 5.06. The van der Waals surface area contributed by atoms with Crippen molar-refractivity contribution in [2.24, 2.45) is 5.73 Å². The molecule has 0 aliphatic carbocycles. The van der Waals surface area contributed by atoms with Crippen molar-refractivity contribution in [2.45, 2.75) is 6.04 Å².